The molecule has 5 rings (SSSR count). The lowest BCUT2D eigenvalue weighted by molar-refractivity contribution is -0.121. The molecule has 0 aromatic heterocycles. The van der Waals surface area contributed by atoms with E-state index < -0.39 is 0 Å². The number of piperazine rings is 1. The molecule has 5 aliphatic rings. The second kappa shape index (κ2) is 6.30. The van der Waals surface area contributed by atoms with Crippen LogP contribution in [0.4, 0.5) is 4.79 Å². The van der Waals surface area contributed by atoms with E-state index in [-0.39, 0.29) is 17.5 Å². The Kier molecular flexibility index (Phi) is 4.29. The van der Waals surface area contributed by atoms with Crippen LogP contribution >= 0.6 is 0 Å². The second-order valence-electron chi connectivity index (χ2n) is 8.72. The first-order chi connectivity index (χ1) is 11.5. The minimum atomic E-state index is -0.287. The fourth-order valence-corrected chi connectivity index (χ4v) is 6.00. The maximum Gasteiger partial charge on any atom is 0.321 e. The van der Waals surface area contributed by atoms with E-state index >= 15 is 0 Å². The molecule has 1 heterocycles. The Morgan fingerprint density at radius 1 is 1.12 bits per heavy atom. The summed E-state index contributed by atoms with van der Waals surface area (Å²) in [6.07, 6.45) is 7.37. The molecule has 0 aromatic carbocycles. The molecule has 4 saturated carbocycles. The van der Waals surface area contributed by atoms with Crippen LogP contribution in [0.5, 0.6) is 0 Å². The maximum atomic E-state index is 12.4. The van der Waals surface area contributed by atoms with Gasteiger partial charge < -0.3 is 10.6 Å². The van der Waals surface area contributed by atoms with E-state index in [1.165, 1.54) is 19.3 Å². The van der Waals surface area contributed by atoms with Gasteiger partial charge in [0.2, 0.25) is 5.91 Å². The van der Waals surface area contributed by atoms with Gasteiger partial charge in [0.25, 0.3) is 0 Å². The summed E-state index contributed by atoms with van der Waals surface area (Å²) in [6, 6.07) is 0.0421. The molecule has 0 radical (unpaired) electrons. The molecule has 24 heavy (non-hydrogen) atoms. The predicted octanol–water partition coefficient (Wildman–Crippen LogP) is 1.07. The molecule has 0 unspecified atom stereocenters. The van der Waals surface area contributed by atoms with Crippen molar-refractivity contribution in [2.45, 2.75) is 57.0 Å². The Hall–Kier alpha value is -1.14. The number of carbonyl (C=O) groups is 2. The maximum absolute atomic E-state index is 12.4. The number of urea groups is 1. The van der Waals surface area contributed by atoms with E-state index in [9.17, 15) is 9.59 Å². The van der Waals surface area contributed by atoms with Gasteiger partial charge in [0, 0.05) is 31.2 Å². The lowest BCUT2D eigenvalue weighted by Gasteiger charge is -2.56. The van der Waals surface area contributed by atoms with E-state index in [0.29, 0.717) is 12.6 Å². The Bertz CT molecular complexity index is 486. The van der Waals surface area contributed by atoms with Crippen LogP contribution < -0.4 is 16.0 Å². The summed E-state index contributed by atoms with van der Waals surface area (Å²) in [5.41, 5.74) is -0.0402. The number of hydrogen-bond donors (Lipinski definition) is 3. The first-order valence-corrected chi connectivity index (χ1v) is 9.58. The number of rotatable bonds is 3. The van der Waals surface area contributed by atoms with Gasteiger partial charge in [0.1, 0.15) is 0 Å². The van der Waals surface area contributed by atoms with Gasteiger partial charge in [0.05, 0.1) is 6.54 Å². The molecule has 5 fully saturated rings. The summed E-state index contributed by atoms with van der Waals surface area (Å²) in [4.78, 5) is 26.7. The number of imide groups is 1. The molecule has 6 nitrogen and oxygen atoms in total. The van der Waals surface area contributed by atoms with Crippen LogP contribution in [-0.4, -0.2) is 54.6 Å². The van der Waals surface area contributed by atoms with Gasteiger partial charge in [0.15, 0.2) is 0 Å². The summed E-state index contributed by atoms with van der Waals surface area (Å²) in [5, 5.41) is 9.09. The smallest absolute Gasteiger partial charge is 0.321 e. The lowest BCUT2D eigenvalue weighted by Crippen LogP contribution is -2.62. The van der Waals surface area contributed by atoms with Crippen LogP contribution in [0.3, 0.4) is 0 Å². The SMILES string of the molecule is C[C@@H]1CNCCN1CC(=O)NC(=O)NC12CC3CC(CC(C3)C1)C2. The van der Waals surface area contributed by atoms with Crippen molar-refractivity contribution in [2.24, 2.45) is 17.8 Å². The van der Waals surface area contributed by atoms with E-state index in [1.807, 2.05) is 0 Å². The van der Waals surface area contributed by atoms with Crippen molar-refractivity contribution in [1.29, 1.82) is 0 Å². The molecule has 4 aliphatic carbocycles. The summed E-state index contributed by atoms with van der Waals surface area (Å²) in [5.74, 6) is 2.17. The van der Waals surface area contributed by atoms with Gasteiger partial charge in [-0.25, -0.2) is 4.79 Å². The van der Waals surface area contributed by atoms with Gasteiger partial charge >= 0.3 is 6.03 Å². The zero-order chi connectivity index (χ0) is 16.7. The first-order valence-electron chi connectivity index (χ1n) is 9.58. The molecule has 0 spiro atoms. The number of hydrogen-bond acceptors (Lipinski definition) is 4. The van der Waals surface area contributed by atoms with Crippen molar-refractivity contribution in [1.82, 2.24) is 20.9 Å². The summed E-state index contributed by atoms with van der Waals surface area (Å²) < 4.78 is 0. The number of nitrogens with one attached hydrogen (secondary N) is 3. The van der Waals surface area contributed by atoms with Crippen molar-refractivity contribution < 1.29 is 9.59 Å². The molecule has 0 aromatic rings. The fourth-order valence-electron chi connectivity index (χ4n) is 6.00. The van der Waals surface area contributed by atoms with Gasteiger partial charge in [-0.15, -0.1) is 0 Å². The van der Waals surface area contributed by atoms with Crippen molar-refractivity contribution in [2.75, 3.05) is 26.2 Å². The number of amides is 3. The Morgan fingerprint density at radius 3 is 2.33 bits per heavy atom. The normalized spacial score (nSPS) is 41.2. The average Bonchev–Trinajstić information content (AvgIpc) is 2.47. The highest BCUT2D eigenvalue weighted by molar-refractivity contribution is 5.95. The highest BCUT2D eigenvalue weighted by Crippen LogP contribution is 2.55. The standard InChI is InChI=1S/C18H30N4O2/c1-12-10-19-2-3-22(12)11-16(23)20-17(24)21-18-7-13-4-14(8-18)6-15(5-13)9-18/h12-15,19H,2-11H2,1H3,(H2,20,21,23,24)/t12-,13?,14?,15?,18?/m1/s1. The third kappa shape index (κ3) is 3.31. The van der Waals surface area contributed by atoms with Gasteiger partial charge in [-0.1, -0.05) is 0 Å². The quantitative estimate of drug-likeness (QED) is 0.722. The molecule has 3 amide bonds. The van der Waals surface area contributed by atoms with Crippen LogP contribution in [-0.2, 0) is 4.79 Å². The Balaban J connectivity index is 1.29. The largest absolute Gasteiger partial charge is 0.332 e. The zero-order valence-electron chi connectivity index (χ0n) is 14.6. The monoisotopic (exact) mass is 334 g/mol. The third-order valence-electron chi connectivity index (χ3n) is 6.66. The number of carbonyl (C=O) groups excluding carboxylic acids is 2. The second-order valence-corrected chi connectivity index (χ2v) is 8.72. The van der Waals surface area contributed by atoms with Crippen LogP contribution in [0, 0.1) is 17.8 Å². The van der Waals surface area contributed by atoms with Gasteiger partial charge in [-0.05, 0) is 63.2 Å². The van der Waals surface area contributed by atoms with Crippen molar-refractivity contribution in [3.05, 3.63) is 0 Å². The van der Waals surface area contributed by atoms with Crippen LogP contribution in [0.2, 0.25) is 0 Å². The fraction of sp³-hybridized carbons (Fsp3) is 0.889. The predicted molar refractivity (Wildman–Crippen MR) is 91.5 cm³/mol. The van der Waals surface area contributed by atoms with Crippen molar-refractivity contribution in [3.8, 4) is 0 Å². The van der Waals surface area contributed by atoms with E-state index in [4.69, 9.17) is 0 Å². The van der Waals surface area contributed by atoms with Crippen LogP contribution in [0.1, 0.15) is 45.4 Å². The van der Waals surface area contributed by atoms with Crippen LogP contribution in [0.25, 0.3) is 0 Å². The molecular formula is C18H30N4O2. The minimum absolute atomic E-state index is 0.0402. The van der Waals surface area contributed by atoms with E-state index in [2.05, 4.69) is 27.8 Å². The Labute approximate surface area is 144 Å². The minimum Gasteiger partial charge on any atom is -0.332 e. The molecule has 4 bridgehead atoms. The third-order valence-corrected chi connectivity index (χ3v) is 6.66. The molecule has 1 aliphatic heterocycles. The highest BCUT2D eigenvalue weighted by atomic mass is 16.2. The molecular weight excluding hydrogens is 304 g/mol. The molecule has 1 saturated heterocycles. The molecule has 3 N–H and O–H groups in total. The van der Waals surface area contributed by atoms with Crippen molar-refractivity contribution in [3.63, 3.8) is 0 Å². The van der Waals surface area contributed by atoms with Crippen molar-refractivity contribution >= 4 is 11.9 Å². The first kappa shape index (κ1) is 16.3. The lowest BCUT2D eigenvalue weighted by atomic mass is 9.53. The topological polar surface area (TPSA) is 73.5 Å². The van der Waals surface area contributed by atoms with E-state index in [0.717, 1.165) is 56.7 Å². The molecule has 1 atom stereocenters. The Morgan fingerprint density at radius 2 is 1.75 bits per heavy atom. The molecule has 6 heteroatoms. The molecule has 134 valence electrons. The average molecular weight is 334 g/mol. The van der Waals surface area contributed by atoms with Gasteiger partial charge in [-0.3, -0.25) is 15.0 Å². The van der Waals surface area contributed by atoms with Crippen LogP contribution in [0.15, 0.2) is 0 Å². The van der Waals surface area contributed by atoms with Gasteiger partial charge in [-0.2, -0.15) is 0 Å². The summed E-state index contributed by atoms with van der Waals surface area (Å²) in [7, 11) is 0. The van der Waals surface area contributed by atoms with E-state index in [1.54, 1.807) is 0 Å². The summed E-state index contributed by atoms with van der Waals surface area (Å²) in [6.45, 7) is 5.06. The summed E-state index contributed by atoms with van der Waals surface area (Å²) >= 11 is 0. The highest BCUT2D eigenvalue weighted by Gasteiger charge is 2.51. The zero-order valence-corrected chi connectivity index (χ0v) is 14.6. The number of nitrogens with zero attached hydrogens (tertiary/aromatic N) is 1.